The van der Waals surface area contributed by atoms with E-state index in [9.17, 15) is 4.79 Å². The van der Waals surface area contributed by atoms with Gasteiger partial charge in [-0.2, -0.15) is 5.10 Å². The number of hydrogen-bond acceptors (Lipinski definition) is 7. The van der Waals surface area contributed by atoms with Gasteiger partial charge in [0.2, 0.25) is 6.41 Å². The fraction of sp³-hybridized carbons (Fsp3) is 0.179. The Bertz CT molecular complexity index is 1660. The number of nitrogens with one attached hydrogen (secondary N) is 1. The van der Waals surface area contributed by atoms with Crippen LogP contribution in [0.15, 0.2) is 79.5 Å². The lowest BCUT2D eigenvalue weighted by molar-refractivity contribution is -0.107. The number of anilines is 3. The molecular weight excluding hydrogens is 466 g/mol. The van der Waals surface area contributed by atoms with Crippen LogP contribution in [0.3, 0.4) is 0 Å². The molecule has 2 atom stereocenters. The van der Waals surface area contributed by atoms with Gasteiger partial charge >= 0.3 is 0 Å². The molecule has 2 unspecified atom stereocenters. The van der Waals surface area contributed by atoms with Crippen LogP contribution in [0.5, 0.6) is 11.5 Å². The maximum Gasteiger partial charge on any atom is 0.214 e. The molecule has 6 rings (SSSR count). The van der Waals surface area contributed by atoms with Gasteiger partial charge in [0.15, 0.2) is 5.65 Å². The minimum Gasteiger partial charge on any atom is -0.457 e. The minimum atomic E-state index is 0.147. The van der Waals surface area contributed by atoms with Gasteiger partial charge in [0, 0.05) is 41.0 Å². The van der Waals surface area contributed by atoms with Crippen molar-refractivity contribution in [3.8, 4) is 11.5 Å². The number of aryl methyl sites for hydroxylation is 1. The first-order chi connectivity index (χ1) is 18.0. The summed E-state index contributed by atoms with van der Waals surface area (Å²) in [6, 6.07) is 15.5. The average molecular weight is 492 g/mol. The number of hydrogen-bond donors (Lipinski definition) is 1. The Morgan fingerprint density at radius 1 is 1.14 bits per heavy atom. The predicted molar refractivity (Wildman–Crippen MR) is 142 cm³/mol. The molecule has 0 bridgehead atoms. The Kier molecular flexibility index (Phi) is 5.52. The van der Waals surface area contributed by atoms with Crippen LogP contribution in [-0.2, 0) is 4.79 Å². The van der Waals surface area contributed by atoms with Gasteiger partial charge in [0.1, 0.15) is 30.0 Å². The maximum absolute atomic E-state index is 11.9. The van der Waals surface area contributed by atoms with Crippen LogP contribution in [0.1, 0.15) is 18.9 Å². The third-order valence-electron chi connectivity index (χ3n) is 6.70. The highest BCUT2D eigenvalue weighted by molar-refractivity contribution is 5.95. The lowest BCUT2D eigenvalue weighted by Crippen LogP contribution is -2.25. The highest BCUT2D eigenvalue weighted by Gasteiger charge is 2.42. The van der Waals surface area contributed by atoms with E-state index >= 15 is 0 Å². The van der Waals surface area contributed by atoms with Crippen LogP contribution in [0.2, 0.25) is 0 Å². The van der Waals surface area contributed by atoms with Crippen LogP contribution in [-0.4, -0.2) is 37.0 Å². The van der Waals surface area contributed by atoms with Crippen molar-refractivity contribution in [2.45, 2.75) is 26.3 Å². The van der Waals surface area contributed by atoms with Crippen molar-refractivity contribution >= 4 is 40.2 Å². The summed E-state index contributed by atoms with van der Waals surface area (Å²) in [5, 5.41) is 8.35. The SMILES string of the molecule is C=C(C)C1CC1N(C=O)c1ccc2ncnc(Nc3ccc(Oc4ccn5ncnc5c4)c(C)c3)c2c1. The topological polar surface area (TPSA) is 97.5 Å². The van der Waals surface area contributed by atoms with Crippen molar-refractivity contribution in [1.82, 2.24) is 24.6 Å². The summed E-state index contributed by atoms with van der Waals surface area (Å²) in [6.45, 7) is 8.05. The van der Waals surface area contributed by atoms with E-state index in [2.05, 4.69) is 31.9 Å². The number of ether oxygens (including phenoxy) is 1. The predicted octanol–water partition coefficient (Wildman–Crippen LogP) is 5.44. The van der Waals surface area contributed by atoms with Gasteiger partial charge in [-0.05, 0) is 68.3 Å². The summed E-state index contributed by atoms with van der Waals surface area (Å²) in [6.07, 6.45) is 6.68. The molecule has 37 heavy (non-hydrogen) atoms. The number of pyridine rings is 1. The van der Waals surface area contributed by atoms with E-state index in [-0.39, 0.29) is 6.04 Å². The van der Waals surface area contributed by atoms with Crippen molar-refractivity contribution in [2.75, 3.05) is 10.2 Å². The number of amides is 1. The minimum absolute atomic E-state index is 0.147. The number of nitrogens with zero attached hydrogens (tertiary/aromatic N) is 6. The molecule has 0 saturated heterocycles. The van der Waals surface area contributed by atoms with Crippen molar-refractivity contribution in [1.29, 1.82) is 0 Å². The number of rotatable bonds is 8. The van der Waals surface area contributed by atoms with Crippen LogP contribution < -0.4 is 15.0 Å². The first kappa shape index (κ1) is 22.7. The van der Waals surface area contributed by atoms with Crippen LogP contribution in [0.25, 0.3) is 16.6 Å². The molecule has 1 aliphatic carbocycles. The molecule has 1 fully saturated rings. The molecule has 0 radical (unpaired) electrons. The molecule has 1 amide bonds. The Balaban J connectivity index is 1.25. The van der Waals surface area contributed by atoms with Crippen molar-refractivity contribution in [2.24, 2.45) is 5.92 Å². The number of carbonyl (C=O) groups excluding carboxylic acids is 1. The maximum atomic E-state index is 11.9. The Morgan fingerprint density at radius 2 is 2.03 bits per heavy atom. The van der Waals surface area contributed by atoms with Crippen molar-refractivity contribution < 1.29 is 9.53 Å². The molecule has 1 N–H and O–H groups in total. The lowest BCUT2D eigenvalue weighted by Gasteiger charge is -2.19. The molecule has 1 saturated carbocycles. The second-order valence-electron chi connectivity index (χ2n) is 9.32. The zero-order valence-electron chi connectivity index (χ0n) is 20.5. The molecule has 9 heteroatoms. The van der Waals surface area contributed by atoms with Gasteiger partial charge in [-0.3, -0.25) is 4.79 Å². The van der Waals surface area contributed by atoms with Gasteiger partial charge in [-0.25, -0.2) is 19.5 Å². The summed E-state index contributed by atoms with van der Waals surface area (Å²) in [4.78, 5) is 26.8. The third-order valence-corrected chi connectivity index (χ3v) is 6.70. The van der Waals surface area contributed by atoms with E-state index < -0.39 is 0 Å². The second-order valence-corrected chi connectivity index (χ2v) is 9.32. The van der Waals surface area contributed by atoms with E-state index in [1.54, 1.807) is 9.42 Å². The number of carbonyl (C=O) groups is 1. The summed E-state index contributed by atoms with van der Waals surface area (Å²) < 4.78 is 7.77. The average Bonchev–Trinajstić information content (AvgIpc) is 3.55. The van der Waals surface area contributed by atoms with Gasteiger partial charge in [0.05, 0.1) is 5.52 Å². The highest BCUT2D eigenvalue weighted by Crippen LogP contribution is 2.42. The number of fused-ring (bicyclic) bond motifs is 2. The molecule has 2 aromatic carbocycles. The van der Waals surface area contributed by atoms with Crippen LogP contribution in [0.4, 0.5) is 17.2 Å². The normalized spacial score (nSPS) is 16.5. The van der Waals surface area contributed by atoms with Crippen LogP contribution >= 0.6 is 0 Å². The number of benzene rings is 2. The van der Waals surface area contributed by atoms with E-state index in [0.717, 1.165) is 52.0 Å². The van der Waals surface area contributed by atoms with Crippen LogP contribution in [0, 0.1) is 12.8 Å². The molecule has 3 aromatic heterocycles. The Labute approximate surface area is 213 Å². The van der Waals surface area contributed by atoms with Gasteiger partial charge in [0.25, 0.3) is 0 Å². The van der Waals surface area contributed by atoms with E-state index in [1.807, 2.05) is 68.6 Å². The smallest absolute Gasteiger partial charge is 0.214 e. The monoisotopic (exact) mass is 491 g/mol. The lowest BCUT2D eigenvalue weighted by atomic mass is 10.1. The summed E-state index contributed by atoms with van der Waals surface area (Å²) >= 11 is 0. The zero-order chi connectivity index (χ0) is 25.5. The first-order valence-electron chi connectivity index (χ1n) is 12.0. The molecule has 0 aliphatic heterocycles. The fourth-order valence-electron chi connectivity index (χ4n) is 4.62. The van der Waals surface area contributed by atoms with Crippen molar-refractivity contribution in [3.63, 3.8) is 0 Å². The van der Waals surface area contributed by atoms with Gasteiger partial charge in [-0.1, -0.05) is 12.2 Å². The third kappa shape index (κ3) is 4.35. The van der Waals surface area contributed by atoms with Gasteiger partial charge < -0.3 is 15.0 Å². The number of aromatic nitrogens is 5. The molecule has 3 heterocycles. The zero-order valence-corrected chi connectivity index (χ0v) is 20.5. The molecular formula is C28H25N7O2. The molecule has 184 valence electrons. The fourth-order valence-corrected chi connectivity index (χ4v) is 4.62. The summed E-state index contributed by atoms with van der Waals surface area (Å²) in [5.74, 6) is 2.42. The van der Waals surface area contributed by atoms with E-state index in [4.69, 9.17) is 4.74 Å². The quantitative estimate of drug-likeness (QED) is 0.228. The standard InChI is InChI=1S/C28H25N7O2/c1-17(2)22-13-25(22)34(16-36)20-5-6-24-23(11-20)28(31-14-29-24)33-19-4-7-26(18(3)10-19)37-21-8-9-35-27(12-21)30-15-32-35/h4-12,14-16,22,25H,1,13H2,2-3H3,(H,29,31,33). The summed E-state index contributed by atoms with van der Waals surface area (Å²) in [5.41, 5.74) is 5.24. The van der Waals surface area contributed by atoms with Gasteiger partial charge in [-0.15, -0.1) is 0 Å². The van der Waals surface area contributed by atoms with Crippen molar-refractivity contribution in [3.05, 3.63) is 85.1 Å². The van der Waals surface area contributed by atoms with E-state index in [1.165, 1.54) is 12.7 Å². The van der Waals surface area contributed by atoms with E-state index in [0.29, 0.717) is 23.1 Å². The molecule has 1 aliphatic rings. The Hall–Kier alpha value is -4.79. The Morgan fingerprint density at radius 3 is 2.81 bits per heavy atom. The highest BCUT2D eigenvalue weighted by atomic mass is 16.5. The molecule has 5 aromatic rings. The largest absolute Gasteiger partial charge is 0.457 e. The molecule has 9 nitrogen and oxygen atoms in total. The first-order valence-corrected chi connectivity index (χ1v) is 12.0. The second kappa shape index (κ2) is 9.02. The summed E-state index contributed by atoms with van der Waals surface area (Å²) in [7, 11) is 0. The molecule has 0 spiro atoms.